The highest BCUT2D eigenvalue weighted by molar-refractivity contribution is 6.32. The number of ether oxygens (including phenoxy) is 1. The third-order valence-electron chi connectivity index (χ3n) is 2.15. The number of halogens is 1. The summed E-state index contributed by atoms with van der Waals surface area (Å²) in [5.41, 5.74) is 0.557. The van der Waals surface area contributed by atoms with Gasteiger partial charge < -0.3 is 4.74 Å². The van der Waals surface area contributed by atoms with Crippen molar-refractivity contribution < 1.29 is 9.53 Å². The summed E-state index contributed by atoms with van der Waals surface area (Å²) < 4.78 is 5.77. The first-order valence-corrected chi connectivity index (χ1v) is 5.62. The Balaban J connectivity index is 2.86. The SMILES string of the molecule is CC(=O)CC(C)(C)Oc1cc(C)ccc1Cl. The summed E-state index contributed by atoms with van der Waals surface area (Å²) >= 11 is 6.03. The number of carbonyl (C=O) groups is 1. The molecule has 0 atom stereocenters. The van der Waals surface area contributed by atoms with Crippen molar-refractivity contribution in [3.63, 3.8) is 0 Å². The van der Waals surface area contributed by atoms with Crippen LogP contribution in [-0.2, 0) is 4.79 Å². The average molecular weight is 241 g/mol. The van der Waals surface area contributed by atoms with E-state index in [1.165, 1.54) is 0 Å². The van der Waals surface area contributed by atoms with Crippen LogP contribution in [0.4, 0.5) is 0 Å². The van der Waals surface area contributed by atoms with Crippen molar-refractivity contribution in [1.29, 1.82) is 0 Å². The number of hydrogen-bond acceptors (Lipinski definition) is 2. The standard InChI is InChI=1S/C13H17ClO2/c1-9-5-6-11(14)12(7-9)16-13(3,4)8-10(2)15/h5-7H,8H2,1-4H3. The predicted molar refractivity (Wildman–Crippen MR) is 66.2 cm³/mol. The molecule has 0 amide bonds. The van der Waals surface area contributed by atoms with Gasteiger partial charge >= 0.3 is 0 Å². The molecular formula is C13H17ClO2. The number of rotatable bonds is 4. The summed E-state index contributed by atoms with van der Waals surface area (Å²) in [5, 5.41) is 0.572. The molecule has 0 aromatic heterocycles. The Morgan fingerprint density at radius 1 is 1.44 bits per heavy atom. The number of benzene rings is 1. The molecule has 0 unspecified atom stereocenters. The molecule has 88 valence electrons. The lowest BCUT2D eigenvalue weighted by Gasteiger charge is -2.26. The van der Waals surface area contributed by atoms with E-state index >= 15 is 0 Å². The largest absolute Gasteiger partial charge is 0.486 e. The van der Waals surface area contributed by atoms with Gasteiger partial charge in [0, 0.05) is 6.42 Å². The summed E-state index contributed by atoms with van der Waals surface area (Å²) in [5.74, 6) is 0.738. The first-order valence-electron chi connectivity index (χ1n) is 5.25. The summed E-state index contributed by atoms with van der Waals surface area (Å²) in [7, 11) is 0. The second kappa shape index (κ2) is 4.88. The quantitative estimate of drug-likeness (QED) is 0.801. The van der Waals surface area contributed by atoms with Gasteiger partial charge in [0.15, 0.2) is 0 Å². The first kappa shape index (κ1) is 13.0. The van der Waals surface area contributed by atoms with Crippen molar-refractivity contribution in [2.75, 3.05) is 0 Å². The highest BCUT2D eigenvalue weighted by Crippen LogP contribution is 2.29. The van der Waals surface area contributed by atoms with Crippen LogP contribution >= 0.6 is 11.6 Å². The van der Waals surface area contributed by atoms with Crippen LogP contribution in [0.1, 0.15) is 32.8 Å². The third kappa shape index (κ3) is 3.86. The minimum Gasteiger partial charge on any atom is -0.486 e. The lowest BCUT2D eigenvalue weighted by molar-refractivity contribution is -0.120. The normalized spacial score (nSPS) is 11.3. The van der Waals surface area contributed by atoms with Gasteiger partial charge in [0.2, 0.25) is 0 Å². The van der Waals surface area contributed by atoms with E-state index < -0.39 is 5.60 Å². The molecule has 0 radical (unpaired) electrons. The molecular weight excluding hydrogens is 224 g/mol. The Morgan fingerprint density at radius 3 is 2.62 bits per heavy atom. The molecule has 0 aliphatic heterocycles. The summed E-state index contributed by atoms with van der Waals surface area (Å²) in [6.07, 6.45) is 0.372. The summed E-state index contributed by atoms with van der Waals surface area (Å²) in [4.78, 5) is 11.1. The van der Waals surface area contributed by atoms with Crippen LogP contribution in [0, 0.1) is 6.92 Å². The van der Waals surface area contributed by atoms with Gasteiger partial charge in [0.1, 0.15) is 17.1 Å². The van der Waals surface area contributed by atoms with Crippen molar-refractivity contribution in [3.05, 3.63) is 28.8 Å². The fraction of sp³-hybridized carbons (Fsp3) is 0.462. The highest BCUT2D eigenvalue weighted by Gasteiger charge is 2.23. The topological polar surface area (TPSA) is 26.3 Å². The minimum absolute atomic E-state index is 0.105. The Hall–Kier alpha value is -1.02. The smallest absolute Gasteiger partial charge is 0.138 e. The second-order valence-electron chi connectivity index (χ2n) is 4.67. The molecule has 1 aromatic carbocycles. The van der Waals surface area contributed by atoms with E-state index in [0.29, 0.717) is 17.2 Å². The lowest BCUT2D eigenvalue weighted by atomic mass is 10.0. The predicted octanol–water partition coefficient (Wildman–Crippen LogP) is 3.78. The van der Waals surface area contributed by atoms with Crippen molar-refractivity contribution in [2.24, 2.45) is 0 Å². The maximum Gasteiger partial charge on any atom is 0.138 e. The van der Waals surface area contributed by atoms with E-state index in [1.807, 2.05) is 32.9 Å². The van der Waals surface area contributed by atoms with Gasteiger partial charge in [-0.2, -0.15) is 0 Å². The Kier molecular flexibility index (Phi) is 3.98. The molecule has 1 rings (SSSR count). The summed E-state index contributed by atoms with van der Waals surface area (Å²) in [6.45, 7) is 7.30. The number of Topliss-reactive ketones (excluding diaryl/α,β-unsaturated/α-hetero) is 1. The van der Waals surface area contributed by atoms with Crippen molar-refractivity contribution in [3.8, 4) is 5.75 Å². The van der Waals surface area contributed by atoms with Gasteiger partial charge in [-0.25, -0.2) is 0 Å². The monoisotopic (exact) mass is 240 g/mol. The minimum atomic E-state index is -0.525. The van der Waals surface area contributed by atoms with E-state index in [1.54, 1.807) is 13.0 Å². The zero-order chi connectivity index (χ0) is 12.3. The number of ketones is 1. The van der Waals surface area contributed by atoms with Gasteiger partial charge in [-0.15, -0.1) is 0 Å². The van der Waals surface area contributed by atoms with Crippen LogP contribution in [0.15, 0.2) is 18.2 Å². The number of aryl methyl sites for hydroxylation is 1. The zero-order valence-electron chi connectivity index (χ0n) is 10.1. The van der Waals surface area contributed by atoms with Crippen LogP contribution in [0.2, 0.25) is 5.02 Å². The molecule has 16 heavy (non-hydrogen) atoms. The average Bonchev–Trinajstić information content (AvgIpc) is 2.08. The van der Waals surface area contributed by atoms with Gasteiger partial charge in [-0.1, -0.05) is 17.7 Å². The number of carbonyl (C=O) groups excluding carboxylic acids is 1. The Labute approximate surface area is 102 Å². The molecule has 0 saturated carbocycles. The highest BCUT2D eigenvalue weighted by atomic mass is 35.5. The van der Waals surface area contributed by atoms with E-state index in [0.717, 1.165) is 5.56 Å². The lowest BCUT2D eigenvalue weighted by Crippen LogP contribution is -2.30. The van der Waals surface area contributed by atoms with Crippen LogP contribution < -0.4 is 4.74 Å². The van der Waals surface area contributed by atoms with E-state index in [9.17, 15) is 4.79 Å². The molecule has 0 N–H and O–H groups in total. The number of hydrogen-bond donors (Lipinski definition) is 0. The van der Waals surface area contributed by atoms with Crippen LogP contribution in [0.25, 0.3) is 0 Å². The molecule has 0 aliphatic carbocycles. The van der Waals surface area contributed by atoms with E-state index in [-0.39, 0.29) is 5.78 Å². The fourth-order valence-electron chi connectivity index (χ4n) is 1.62. The Bertz CT molecular complexity index is 397. The van der Waals surface area contributed by atoms with Crippen molar-refractivity contribution in [2.45, 2.75) is 39.7 Å². The van der Waals surface area contributed by atoms with E-state index in [4.69, 9.17) is 16.3 Å². The molecule has 0 heterocycles. The molecule has 0 bridgehead atoms. The van der Waals surface area contributed by atoms with Crippen molar-refractivity contribution >= 4 is 17.4 Å². The zero-order valence-corrected chi connectivity index (χ0v) is 10.9. The molecule has 0 saturated heterocycles. The maximum atomic E-state index is 11.1. The van der Waals surface area contributed by atoms with Crippen LogP contribution in [-0.4, -0.2) is 11.4 Å². The van der Waals surface area contributed by atoms with Crippen molar-refractivity contribution in [1.82, 2.24) is 0 Å². The molecule has 2 nitrogen and oxygen atoms in total. The maximum absolute atomic E-state index is 11.1. The summed E-state index contributed by atoms with van der Waals surface area (Å²) in [6, 6.07) is 5.60. The molecule has 0 fully saturated rings. The van der Waals surface area contributed by atoms with Gasteiger partial charge in [0.25, 0.3) is 0 Å². The van der Waals surface area contributed by atoms with Gasteiger partial charge in [0.05, 0.1) is 5.02 Å². The first-order chi connectivity index (χ1) is 7.30. The van der Waals surface area contributed by atoms with E-state index in [2.05, 4.69) is 0 Å². The van der Waals surface area contributed by atoms with Gasteiger partial charge in [-0.3, -0.25) is 4.79 Å². The fourth-order valence-corrected chi connectivity index (χ4v) is 1.78. The second-order valence-corrected chi connectivity index (χ2v) is 5.08. The van der Waals surface area contributed by atoms with Crippen LogP contribution in [0.5, 0.6) is 5.75 Å². The third-order valence-corrected chi connectivity index (χ3v) is 2.46. The molecule has 0 aliphatic rings. The molecule has 1 aromatic rings. The molecule has 0 spiro atoms. The Morgan fingerprint density at radius 2 is 2.06 bits per heavy atom. The van der Waals surface area contributed by atoms with Gasteiger partial charge in [-0.05, 0) is 45.4 Å². The molecule has 3 heteroatoms. The van der Waals surface area contributed by atoms with Crippen LogP contribution in [0.3, 0.4) is 0 Å².